The molecule has 2 saturated heterocycles. The molecule has 4 heteroatoms. The maximum atomic E-state index is 13.0. The summed E-state index contributed by atoms with van der Waals surface area (Å²) >= 11 is 0. The van der Waals surface area contributed by atoms with Crippen molar-refractivity contribution in [1.82, 2.24) is 10.1 Å². The number of rotatable bonds is 4. The molecule has 1 aromatic carbocycles. The zero-order valence-electron chi connectivity index (χ0n) is 14.4. The van der Waals surface area contributed by atoms with Crippen LogP contribution in [0.5, 0.6) is 0 Å². The van der Waals surface area contributed by atoms with Gasteiger partial charge in [-0.15, -0.1) is 0 Å². The average Bonchev–Trinajstić information content (AvgIpc) is 3.02. The number of carbonyl (C=O) groups is 1. The first-order chi connectivity index (χ1) is 11.6. The van der Waals surface area contributed by atoms with Crippen LogP contribution in [0.2, 0.25) is 0 Å². The van der Waals surface area contributed by atoms with E-state index in [9.17, 15) is 4.79 Å². The van der Waals surface area contributed by atoms with Gasteiger partial charge in [0.05, 0.1) is 11.3 Å². The topological polar surface area (TPSA) is 46.3 Å². The third-order valence-electron chi connectivity index (χ3n) is 5.74. The van der Waals surface area contributed by atoms with Crippen LogP contribution in [-0.2, 0) is 6.54 Å². The minimum Gasteiger partial charge on any atom is -0.361 e. The van der Waals surface area contributed by atoms with Gasteiger partial charge in [0.2, 0.25) is 0 Å². The number of hydrogen-bond donors (Lipinski definition) is 0. The molecular formula is C20H24N2O2. The van der Waals surface area contributed by atoms with E-state index in [1.165, 1.54) is 18.4 Å². The number of piperidine rings is 1. The Morgan fingerprint density at radius 1 is 1.17 bits per heavy atom. The van der Waals surface area contributed by atoms with E-state index in [-0.39, 0.29) is 11.7 Å². The molecule has 0 amide bonds. The number of ketones is 1. The second-order valence-electron chi connectivity index (χ2n) is 7.27. The third-order valence-corrected chi connectivity index (χ3v) is 5.74. The first kappa shape index (κ1) is 15.6. The van der Waals surface area contributed by atoms with Crippen molar-refractivity contribution >= 4 is 5.78 Å². The molecule has 3 heterocycles. The van der Waals surface area contributed by atoms with Crippen LogP contribution in [0.15, 0.2) is 34.9 Å². The second kappa shape index (κ2) is 6.17. The summed E-state index contributed by atoms with van der Waals surface area (Å²) in [5.41, 5.74) is 2.82. The molecule has 2 atom stereocenters. The number of Topliss-reactive ketones (excluding diaryl/α,β-unsaturated/α-hetero) is 1. The number of benzene rings is 1. The molecule has 0 N–H and O–H groups in total. The third kappa shape index (κ3) is 2.69. The number of aromatic nitrogens is 1. The molecule has 0 aliphatic carbocycles. The van der Waals surface area contributed by atoms with Gasteiger partial charge in [-0.3, -0.25) is 9.69 Å². The van der Waals surface area contributed by atoms with E-state index in [2.05, 4.69) is 40.4 Å². The lowest BCUT2D eigenvalue weighted by molar-refractivity contribution is 0.0676. The Morgan fingerprint density at radius 2 is 1.83 bits per heavy atom. The van der Waals surface area contributed by atoms with Crippen LogP contribution in [-0.4, -0.2) is 27.9 Å². The van der Waals surface area contributed by atoms with Crippen LogP contribution in [0, 0.1) is 19.8 Å². The Hall–Kier alpha value is -1.94. The molecule has 0 spiro atoms. The van der Waals surface area contributed by atoms with E-state index in [4.69, 9.17) is 4.52 Å². The first-order valence-corrected chi connectivity index (χ1v) is 8.90. The van der Waals surface area contributed by atoms with Crippen molar-refractivity contribution in [3.05, 3.63) is 52.9 Å². The van der Waals surface area contributed by atoms with Gasteiger partial charge in [-0.25, -0.2) is 0 Å². The van der Waals surface area contributed by atoms with E-state index in [0.717, 1.165) is 30.6 Å². The predicted molar refractivity (Wildman–Crippen MR) is 91.8 cm³/mol. The minimum atomic E-state index is 0.117. The largest absolute Gasteiger partial charge is 0.361 e. The van der Waals surface area contributed by atoms with E-state index >= 15 is 0 Å². The van der Waals surface area contributed by atoms with E-state index < -0.39 is 0 Å². The highest BCUT2D eigenvalue weighted by atomic mass is 16.5. The van der Waals surface area contributed by atoms with Crippen molar-refractivity contribution in [2.75, 3.05) is 0 Å². The lowest BCUT2D eigenvalue weighted by atomic mass is 9.84. The molecule has 4 rings (SSSR count). The summed E-state index contributed by atoms with van der Waals surface area (Å²) in [7, 11) is 0. The van der Waals surface area contributed by atoms with Gasteiger partial charge < -0.3 is 4.52 Å². The van der Waals surface area contributed by atoms with Gasteiger partial charge in [0, 0.05) is 24.5 Å². The first-order valence-electron chi connectivity index (χ1n) is 8.90. The summed E-state index contributed by atoms with van der Waals surface area (Å²) in [4.78, 5) is 15.6. The molecule has 0 radical (unpaired) electrons. The zero-order chi connectivity index (χ0) is 16.7. The van der Waals surface area contributed by atoms with E-state index in [1.807, 2.05) is 13.8 Å². The Balaban J connectivity index is 1.49. The van der Waals surface area contributed by atoms with Crippen molar-refractivity contribution in [3.8, 4) is 0 Å². The van der Waals surface area contributed by atoms with Gasteiger partial charge >= 0.3 is 0 Å². The maximum absolute atomic E-state index is 13.0. The summed E-state index contributed by atoms with van der Waals surface area (Å²) < 4.78 is 5.20. The Kier molecular flexibility index (Phi) is 4.01. The van der Waals surface area contributed by atoms with Crippen LogP contribution >= 0.6 is 0 Å². The van der Waals surface area contributed by atoms with Crippen LogP contribution in [0.25, 0.3) is 0 Å². The summed E-state index contributed by atoms with van der Waals surface area (Å²) in [6.07, 6.45) is 4.35. The Morgan fingerprint density at radius 3 is 2.42 bits per heavy atom. The molecule has 1 aromatic heterocycles. The van der Waals surface area contributed by atoms with Crippen LogP contribution in [0.4, 0.5) is 0 Å². The van der Waals surface area contributed by atoms with Gasteiger partial charge in [-0.2, -0.15) is 0 Å². The van der Waals surface area contributed by atoms with Gasteiger partial charge in [0.15, 0.2) is 5.78 Å². The van der Waals surface area contributed by atoms with Crippen molar-refractivity contribution in [3.63, 3.8) is 0 Å². The maximum Gasteiger partial charge on any atom is 0.171 e. The molecule has 2 aromatic rings. The van der Waals surface area contributed by atoms with Gasteiger partial charge in [0.25, 0.3) is 0 Å². The smallest absolute Gasteiger partial charge is 0.171 e. The summed E-state index contributed by atoms with van der Waals surface area (Å²) in [5, 5.41) is 3.95. The SMILES string of the molecule is Cc1noc(C)c1C(=O)C1CC2CCC(C1)N2Cc1ccccc1. The highest BCUT2D eigenvalue weighted by Gasteiger charge is 2.43. The van der Waals surface area contributed by atoms with Crippen LogP contribution in [0.3, 0.4) is 0 Å². The standard InChI is InChI=1S/C20H24N2O2/c1-13-19(14(2)24-21-13)20(23)16-10-17-8-9-18(11-16)22(17)12-15-6-4-3-5-7-15/h3-7,16-18H,8-12H2,1-2H3. The highest BCUT2D eigenvalue weighted by Crippen LogP contribution is 2.41. The predicted octanol–water partition coefficient (Wildman–Crippen LogP) is 3.92. The second-order valence-corrected chi connectivity index (χ2v) is 7.27. The number of carbonyl (C=O) groups excluding carboxylic acids is 1. The molecule has 24 heavy (non-hydrogen) atoms. The van der Waals surface area contributed by atoms with Gasteiger partial charge in [-0.1, -0.05) is 35.5 Å². The van der Waals surface area contributed by atoms with Crippen molar-refractivity contribution < 1.29 is 9.32 Å². The van der Waals surface area contributed by atoms with Crippen LogP contribution in [0.1, 0.15) is 53.1 Å². The molecule has 2 bridgehead atoms. The van der Waals surface area contributed by atoms with Crippen molar-refractivity contribution in [2.45, 2.75) is 58.2 Å². The van der Waals surface area contributed by atoms with E-state index in [1.54, 1.807) is 0 Å². The normalized spacial score (nSPS) is 26.7. The fourth-order valence-electron chi connectivity index (χ4n) is 4.58. The fraction of sp³-hybridized carbons (Fsp3) is 0.500. The van der Waals surface area contributed by atoms with Gasteiger partial charge in [-0.05, 0) is 45.1 Å². The molecular weight excluding hydrogens is 300 g/mol. The summed E-state index contributed by atoms with van der Waals surface area (Å²) in [6, 6.07) is 11.7. The molecule has 2 aliphatic rings. The number of aryl methyl sites for hydroxylation is 2. The van der Waals surface area contributed by atoms with Crippen molar-refractivity contribution in [2.24, 2.45) is 5.92 Å². The average molecular weight is 324 g/mol. The van der Waals surface area contributed by atoms with Crippen LogP contribution < -0.4 is 0 Å². The lowest BCUT2D eigenvalue weighted by Crippen LogP contribution is -2.44. The number of nitrogens with zero attached hydrogens (tertiary/aromatic N) is 2. The molecule has 126 valence electrons. The Bertz CT molecular complexity index is 704. The van der Waals surface area contributed by atoms with Gasteiger partial charge in [0.1, 0.15) is 5.76 Å². The molecule has 2 unspecified atom stereocenters. The fourth-order valence-corrected chi connectivity index (χ4v) is 4.58. The summed E-state index contributed by atoms with van der Waals surface area (Å²) in [5.74, 6) is 1.02. The van der Waals surface area contributed by atoms with E-state index in [0.29, 0.717) is 17.8 Å². The molecule has 4 nitrogen and oxygen atoms in total. The van der Waals surface area contributed by atoms with Crippen molar-refractivity contribution in [1.29, 1.82) is 0 Å². The molecule has 2 fully saturated rings. The highest BCUT2D eigenvalue weighted by molar-refractivity contribution is 5.99. The summed E-state index contributed by atoms with van der Waals surface area (Å²) in [6.45, 7) is 4.71. The monoisotopic (exact) mass is 324 g/mol. The number of hydrogen-bond acceptors (Lipinski definition) is 4. The number of fused-ring (bicyclic) bond motifs is 2. The minimum absolute atomic E-state index is 0.117. The molecule has 0 saturated carbocycles. The molecule has 2 aliphatic heterocycles. The lowest BCUT2D eigenvalue weighted by Gasteiger charge is -2.38. The quantitative estimate of drug-likeness (QED) is 0.800. The zero-order valence-corrected chi connectivity index (χ0v) is 14.4. The Labute approximate surface area is 142 Å².